The number of carbonyl (C=O) groups is 3. The van der Waals surface area contributed by atoms with Gasteiger partial charge in [0.1, 0.15) is 11.9 Å². The maximum Gasteiger partial charge on any atom is 0.247 e. The van der Waals surface area contributed by atoms with Crippen LogP contribution in [0.1, 0.15) is 68.9 Å². The number of likely N-dealkylation sites (tertiary alicyclic amines) is 1. The van der Waals surface area contributed by atoms with Crippen LogP contribution in [-0.2, 0) is 20.8 Å². The third-order valence-electron chi connectivity index (χ3n) is 9.55. The van der Waals surface area contributed by atoms with Crippen LogP contribution >= 0.6 is 0 Å². The molecular formula is C41H42N6O4. The number of oxazole rings is 1. The monoisotopic (exact) mass is 682 g/mol. The normalized spacial score (nSPS) is 17.3. The molecule has 0 aliphatic carbocycles. The van der Waals surface area contributed by atoms with E-state index < -0.39 is 12.1 Å². The molecule has 4 heterocycles. The van der Waals surface area contributed by atoms with Crippen molar-refractivity contribution in [2.45, 2.75) is 71.4 Å². The molecule has 10 nitrogen and oxygen atoms in total. The Labute approximate surface area is 297 Å². The fourth-order valence-corrected chi connectivity index (χ4v) is 6.84. The van der Waals surface area contributed by atoms with E-state index >= 15 is 0 Å². The molecule has 10 heteroatoms. The van der Waals surface area contributed by atoms with Crippen LogP contribution in [0.4, 0.5) is 5.69 Å². The van der Waals surface area contributed by atoms with Gasteiger partial charge in [0.15, 0.2) is 11.8 Å². The molecule has 0 spiro atoms. The lowest BCUT2D eigenvalue weighted by Gasteiger charge is -2.35. The van der Waals surface area contributed by atoms with Gasteiger partial charge in [-0.1, -0.05) is 62.1 Å². The largest absolute Gasteiger partial charge is 0.436 e. The maximum atomic E-state index is 13.5. The minimum Gasteiger partial charge on any atom is -0.436 e. The summed E-state index contributed by atoms with van der Waals surface area (Å²) in [6.07, 6.45) is 5.53. The smallest absolute Gasteiger partial charge is 0.247 e. The van der Waals surface area contributed by atoms with Crippen LogP contribution in [0.15, 0.2) is 77.3 Å². The van der Waals surface area contributed by atoms with Crippen molar-refractivity contribution in [2.24, 2.45) is 5.92 Å². The van der Waals surface area contributed by atoms with Crippen LogP contribution in [0.5, 0.6) is 0 Å². The molecule has 0 unspecified atom stereocenters. The summed E-state index contributed by atoms with van der Waals surface area (Å²) < 4.78 is 6.25. The van der Waals surface area contributed by atoms with Crippen molar-refractivity contribution < 1.29 is 18.8 Å². The Balaban J connectivity index is 1.08. The number of nitrogens with one attached hydrogen (secondary N) is 2. The van der Waals surface area contributed by atoms with Crippen LogP contribution in [0.3, 0.4) is 0 Å². The van der Waals surface area contributed by atoms with Crippen molar-refractivity contribution in [1.82, 2.24) is 24.8 Å². The highest BCUT2D eigenvalue weighted by Gasteiger charge is 2.33. The molecule has 2 aliphatic rings. The SMILES string of the molecule is Cc1ccc(-c2ncc(-c3ccc4nc([C@@H]5C#CCCN5C(=O)Cc5ccccc5)[nH]c4c3)o2)cc1NC(=O)[C@@H]1CCCCN1C(=O)CC(C)C. The highest BCUT2D eigenvalue weighted by atomic mass is 16.4. The number of aromatic nitrogens is 3. The molecule has 1 fully saturated rings. The van der Waals surface area contributed by atoms with E-state index in [0.29, 0.717) is 61.9 Å². The number of anilines is 1. The lowest BCUT2D eigenvalue weighted by molar-refractivity contribution is -0.141. The van der Waals surface area contributed by atoms with E-state index in [-0.39, 0.29) is 23.6 Å². The Morgan fingerprint density at radius 1 is 0.980 bits per heavy atom. The molecular weight excluding hydrogens is 640 g/mol. The first-order chi connectivity index (χ1) is 24.7. The molecule has 5 aromatic rings. The predicted molar refractivity (Wildman–Crippen MR) is 196 cm³/mol. The number of nitrogens with zero attached hydrogens (tertiary/aromatic N) is 4. The van der Waals surface area contributed by atoms with Crippen LogP contribution in [0.2, 0.25) is 0 Å². The number of fused-ring (bicyclic) bond motifs is 1. The first-order valence-electron chi connectivity index (χ1n) is 17.7. The van der Waals surface area contributed by atoms with Gasteiger partial charge in [-0.15, -0.1) is 0 Å². The number of hydrogen-bond donors (Lipinski definition) is 2. The van der Waals surface area contributed by atoms with E-state index in [1.807, 2.05) is 87.5 Å². The van der Waals surface area contributed by atoms with Gasteiger partial charge in [0, 0.05) is 42.7 Å². The average molecular weight is 683 g/mol. The first-order valence-corrected chi connectivity index (χ1v) is 17.7. The summed E-state index contributed by atoms with van der Waals surface area (Å²) >= 11 is 0. The Hall–Kier alpha value is -5.69. The van der Waals surface area contributed by atoms with Crippen LogP contribution in [0, 0.1) is 24.7 Å². The molecule has 51 heavy (non-hydrogen) atoms. The van der Waals surface area contributed by atoms with E-state index in [4.69, 9.17) is 9.40 Å². The number of hydrogen-bond acceptors (Lipinski definition) is 6. The molecule has 2 aliphatic heterocycles. The van der Waals surface area contributed by atoms with Gasteiger partial charge in [-0.25, -0.2) is 9.97 Å². The zero-order chi connectivity index (χ0) is 35.5. The quantitative estimate of drug-likeness (QED) is 0.160. The van der Waals surface area contributed by atoms with Gasteiger partial charge in [-0.2, -0.15) is 0 Å². The van der Waals surface area contributed by atoms with Crippen molar-refractivity contribution in [2.75, 3.05) is 18.4 Å². The lowest BCUT2D eigenvalue weighted by Crippen LogP contribution is -2.50. The van der Waals surface area contributed by atoms with E-state index in [1.165, 1.54) is 0 Å². The first kappa shape index (κ1) is 33.8. The second-order valence-electron chi connectivity index (χ2n) is 13.8. The van der Waals surface area contributed by atoms with E-state index in [2.05, 4.69) is 27.1 Å². The number of H-pyrrole nitrogens is 1. The fraction of sp³-hybridized carbons (Fsp3) is 0.341. The van der Waals surface area contributed by atoms with Gasteiger partial charge in [0.05, 0.1) is 23.7 Å². The topological polar surface area (TPSA) is 124 Å². The minimum atomic E-state index is -0.484. The second kappa shape index (κ2) is 14.7. The molecule has 2 N–H and O–H groups in total. The molecule has 0 bridgehead atoms. The number of amides is 3. The van der Waals surface area contributed by atoms with Crippen LogP contribution in [-0.4, -0.2) is 61.6 Å². The van der Waals surface area contributed by atoms with Crippen molar-refractivity contribution in [3.05, 3.63) is 89.9 Å². The van der Waals surface area contributed by atoms with Crippen LogP contribution < -0.4 is 5.32 Å². The molecule has 1 saturated heterocycles. The molecule has 2 aromatic heterocycles. The predicted octanol–water partition coefficient (Wildman–Crippen LogP) is 7.08. The number of piperidine rings is 1. The van der Waals surface area contributed by atoms with Gasteiger partial charge in [0.25, 0.3) is 0 Å². The maximum absolute atomic E-state index is 13.5. The van der Waals surface area contributed by atoms with Crippen molar-refractivity contribution in [3.63, 3.8) is 0 Å². The average Bonchev–Trinajstić information content (AvgIpc) is 3.80. The van der Waals surface area contributed by atoms with E-state index in [9.17, 15) is 14.4 Å². The summed E-state index contributed by atoms with van der Waals surface area (Å²) in [5.74, 6) is 8.12. The summed E-state index contributed by atoms with van der Waals surface area (Å²) in [7, 11) is 0. The van der Waals surface area contributed by atoms with Gasteiger partial charge in [0.2, 0.25) is 23.6 Å². The molecule has 3 amide bonds. The zero-order valence-electron chi connectivity index (χ0n) is 29.2. The number of imidazole rings is 1. The number of benzene rings is 3. The molecule has 2 atom stereocenters. The van der Waals surface area contributed by atoms with E-state index in [1.54, 1.807) is 16.0 Å². The second-order valence-corrected chi connectivity index (χ2v) is 13.8. The fourth-order valence-electron chi connectivity index (χ4n) is 6.84. The van der Waals surface area contributed by atoms with E-state index in [0.717, 1.165) is 46.1 Å². The molecule has 0 radical (unpaired) electrons. The summed E-state index contributed by atoms with van der Waals surface area (Å²) in [5.41, 5.74) is 5.62. The lowest BCUT2D eigenvalue weighted by atomic mass is 9.99. The minimum absolute atomic E-state index is 0.0158. The van der Waals surface area contributed by atoms with Crippen LogP contribution in [0.25, 0.3) is 33.8 Å². The summed E-state index contributed by atoms with van der Waals surface area (Å²) in [6, 6.07) is 20.3. The third kappa shape index (κ3) is 7.43. The summed E-state index contributed by atoms with van der Waals surface area (Å²) in [4.78, 5) is 56.1. The van der Waals surface area contributed by atoms with Crippen molar-refractivity contribution in [3.8, 4) is 34.6 Å². The Morgan fingerprint density at radius 3 is 2.63 bits per heavy atom. The van der Waals surface area contributed by atoms with Crippen molar-refractivity contribution in [1.29, 1.82) is 0 Å². The summed E-state index contributed by atoms with van der Waals surface area (Å²) in [5, 5.41) is 3.09. The van der Waals surface area contributed by atoms with Gasteiger partial charge >= 0.3 is 0 Å². The molecule has 7 rings (SSSR count). The van der Waals surface area contributed by atoms with Gasteiger partial charge in [-0.05, 0) is 73.6 Å². The number of carbonyl (C=O) groups excluding carboxylic acids is 3. The number of aryl methyl sites for hydroxylation is 1. The molecule has 260 valence electrons. The van der Waals surface area contributed by atoms with Crippen molar-refractivity contribution >= 4 is 34.4 Å². The van der Waals surface area contributed by atoms with Gasteiger partial charge < -0.3 is 24.5 Å². The molecule has 0 saturated carbocycles. The Bertz CT molecular complexity index is 2140. The third-order valence-corrected chi connectivity index (χ3v) is 9.55. The standard InChI is InChI=1S/C41H42N6O4/c1-26(2)21-37(48)47-20-10-8-14-35(47)40(50)45-32-24-30(16-15-27(32)3)41-42-25-36(51-41)29-17-18-31-33(23-29)44-39(43-31)34-13-7-9-19-46(34)38(49)22-28-11-5-4-6-12-28/h4-6,11-12,15-18,23-26,34-35H,8-10,14,19-22H2,1-3H3,(H,43,44)(H,45,50)/t34-,35-/m0/s1. The highest BCUT2D eigenvalue weighted by Crippen LogP contribution is 2.32. The van der Waals surface area contributed by atoms with Gasteiger partial charge in [-0.3, -0.25) is 14.4 Å². The Kier molecular flexibility index (Phi) is 9.71. The number of aromatic amines is 1. The molecule has 3 aromatic carbocycles. The summed E-state index contributed by atoms with van der Waals surface area (Å²) in [6.45, 7) is 7.13. The number of rotatable bonds is 9. The Morgan fingerprint density at radius 2 is 1.80 bits per heavy atom. The highest BCUT2D eigenvalue weighted by molar-refractivity contribution is 5.98. The zero-order valence-corrected chi connectivity index (χ0v) is 29.2.